The summed E-state index contributed by atoms with van der Waals surface area (Å²) in [4.78, 5) is 11.3. The molecule has 13 heavy (non-hydrogen) atoms. The average molecular weight is 178 g/mol. The normalized spacial score (nSPS) is 45.2. The van der Waals surface area contributed by atoms with E-state index >= 15 is 0 Å². The number of hydrogen-bond acceptors (Lipinski definition) is 2. The van der Waals surface area contributed by atoms with Crippen molar-refractivity contribution in [1.29, 1.82) is 0 Å². The van der Waals surface area contributed by atoms with E-state index in [0.717, 1.165) is 23.3 Å². The Morgan fingerprint density at radius 1 is 1.46 bits per heavy atom. The lowest BCUT2D eigenvalue weighted by Gasteiger charge is -2.37. The highest BCUT2D eigenvalue weighted by Gasteiger charge is 2.54. The lowest BCUT2D eigenvalue weighted by atomic mass is 9.66. The zero-order chi connectivity index (χ0) is 9.00. The summed E-state index contributed by atoms with van der Waals surface area (Å²) in [6, 6.07) is 0. The highest BCUT2D eigenvalue weighted by atomic mass is 16.5. The van der Waals surface area contributed by atoms with Crippen molar-refractivity contribution in [2.24, 2.45) is 23.7 Å². The summed E-state index contributed by atoms with van der Waals surface area (Å²) in [5, 5.41) is 0. The molecule has 4 atom stereocenters. The van der Waals surface area contributed by atoms with E-state index in [-0.39, 0.29) is 5.97 Å². The highest BCUT2D eigenvalue weighted by Crippen LogP contribution is 2.60. The fourth-order valence-corrected chi connectivity index (χ4v) is 3.56. The fraction of sp³-hybridized carbons (Fsp3) is 0.727. The topological polar surface area (TPSA) is 26.3 Å². The second kappa shape index (κ2) is 2.37. The van der Waals surface area contributed by atoms with Crippen molar-refractivity contribution in [2.45, 2.75) is 19.3 Å². The van der Waals surface area contributed by atoms with E-state index in [2.05, 4.69) is 6.08 Å². The molecule has 3 rings (SSSR count). The van der Waals surface area contributed by atoms with Crippen LogP contribution in [0.2, 0.25) is 0 Å². The van der Waals surface area contributed by atoms with Crippen LogP contribution in [0.5, 0.6) is 0 Å². The summed E-state index contributed by atoms with van der Waals surface area (Å²) in [6.07, 6.45) is 6.23. The maximum atomic E-state index is 11.3. The number of carbonyl (C=O) groups is 1. The number of methoxy groups -OCH3 is 1. The largest absolute Gasteiger partial charge is 0.466 e. The Labute approximate surface area is 78.0 Å². The first-order valence-corrected chi connectivity index (χ1v) is 5.11. The van der Waals surface area contributed by atoms with Crippen LogP contribution < -0.4 is 0 Å². The SMILES string of the molecule is COC(=O)C1=CC2C3CCC(C3)C12. The van der Waals surface area contributed by atoms with Gasteiger partial charge >= 0.3 is 5.97 Å². The van der Waals surface area contributed by atoms with Crippen LogP contribution in [0.4, 0.5) is 0 Å². The Morgan fingerprint density at radius 2 is 2.23 bits per heavy atom. The molecular weight excluding hydrogens is 164 g/mol. The molecule has 2 nitrogen and oxygen atoms in total. The van der Waals surface area contributed by atoms with Gasteiger partial charge in [0.15, 0.2) is 0 Å². The third-order valence-corrected chi connectivity index (χ3v) is 4.13. The summed E-state index contributed by atoms with van der Waals surface area (Å²) in [7, 11) is 1.48. The molecule has 3 aliphatic rings. The van der Waals surface area contributed by atoms with Gasteiger partial charge in [0.05, 0.1) is 7.11 Å². The molecule has 0 amide bonds. The van der Waals surface area contributed by atoms with Crippen LogP contribution in [0.3, 0.4) is 0 Å². The lowest BCUT2D eigenvalue weighted by Crippen LogP contribution is -2.34. The number of allylic oxidation sites excluding steroid dienone is 1. The van der Waals surface area contributed by atoms with Gasteiger partial charge in [-0.3, -0.25) is 0 Å². The standard InChI is InChI=1S/C11H14O2/c1-13-11(12)9-5-8-6-2-3-7(4-6)10(8)9/h5-8,10H,2-4H2,1H3. The van der Waals surface area contributed by atoms with Crippen molar-refractivity contribution in [2.75, 3.05) is 7.11 Å². The minimum absolute atomic E-state index is 0.0891. The van der Waals surface area contributed by atoms with Crippen LogP contribution >= 0.6 is 0 Å². The van der Waals surface area contributed by atoms with Crippen molar-refractivity contribution in [3.63, 3.8) is 0 Å². The first-order chi connectivity index (χ1) is 6.31. The van der Waals surface area contributed by atoms with E-state index in [1.165, 1.54) is 26.4 Å². The first kappa shape index (κ1) is 7.60. The zero-order valence-corrected chi connectivity index (χ0v) is 7.82. The van der Waals surface area contributed by atoms with E-state index < -0.39 is 0 Å². The van der Waals surface area contributed by atoms with Gasteiger partial charge in [-0.05, 0) is 37.0 Å². The predicted molar refractivity (Wildman–Crippen MR) is 47.9 cm³/mol. The molecule has 3 aliphatic carbocycles. The van der Waals surface area contributed by atoms with Gasteiger partial charge in [-0.25, -0.2) is 4.79 Å². The molecule has 0 N–H and O–H groups in total. The maximum Gasteiger partial charge on any atom is 0.333 e. The number of hydrogen-bond donors (Lipinski definition) is 0. The van der Waals surface area contributed by atoms with Crippen LogP contribution in [-0.4, -0.2) is 13.1 Å². The molecule has 2 saturated carbocycles. The monoisotopic (exact) mass is 178 g/mol. The quantitative estimate of drug-likeness (QED) is 0.572. The van der Waals surface area contributed by atoms with E-state index in [0.29, 0.717) is 5.92 Å². The minimum atomic E-state index is -0.0891. The van der Waals surface area contributed by atoms with Crippen LogP contribution in [0.15, 0.2) is 11.6 Å². The molecule has 0 aromatic rings. The van der Waals surface area contributed by atoms with Crippen molar-refractivity contribution in [3.05, 3.63) is 11.6 Å². The summed E-state index contributed by atoms with van der Waals surface area (Å²) >= 11 is 0. The van der Waals surface area contributed by atoms with Gasteiger partial charge in [-0.2, -0.15) is 0 Å². The van der Waals surface area contributed by atoms with Crippen molar-refractivity contribution in [1.82, 2.24) is 0 Å². The second-order valence-electron chi connectivity index (χ2n) is 4.55. The van der Waals surface area contributed by atoms with Crippen LogP contribution in [0.25, 0.3) is 0 Å². The Kier molecular flexibility index (Phi) is 1.38. The molecule has 2 fully saturated rings. The molecule has 0 aromatic carbocycles. The van der Waals surface area contributed by atoms with Crippen molar-refractivity contribution >= 4 is 5.97 Å². The third-order valence-electron chi connectivity index (χ3n) is 4.13. The van der Waals surface area contributed by atoms with Crippen LogP contribution in [-0.2, 0) is 9.53 Å². The van der Waals surface area contributed by atoms with E-state index in [1.54, 1.807) is 0 Å². The maximum absolute atomic E-state index is 11.3. The molecule has 2 heteroatoms. The van der Waals surface area contributed by atoms with Gasteiger partial charge in [-0.1, -0.05) is 6.08 Å². The van der Waals surface area contributed by atoms with E-state index in [1.807, 2.05) is 0 Å². The Bertz CT molecular complexity index is 292. The molecule has 0 spiro atoms. The van der Waals surface area contributed by atoms with Gasteiger partial charge in [-0.15, -0.1) is 0 Å². The number of carbonyl (C=O) groups excluding carboxylic acids is 1. The molecular formula is C11H14O2. The van der Waals surface area contributed by atoms with Gasteiger partial charge in [0.1, 0.15) is 0 Å². The Balaban J connectivity index is 1.86. The number of fused-ring (bicyclic) bond motifs is 5. The summed E-state index contributed by atoms with van der Waals surface area (Å²) < 4.78 is 4.76. The van der Waals surface area contributed by atoms with Crippen LogP contribution in [0, 0.1) is 23.7 Å². The van der Waals surface area contributed by atoms with Gasteiger partial charge in [0, 0.05) is 11.5 Å². The van der Waals surface area contributed by atoms with Gasteiger partial charge in [0.2, 0.25) is 0 Å². The predicted octanol–water partition coefficient (Wildman–Crippen LogP) is 1.76. The van der Waals surface area contributed by atoms with E-state index in [9.17, 15) is 4.79 Å². The molecule has 2 bridgehead atoms. The van der Waals surface area contributed by atoms with Crippen molar-refractivity contribution in [3.8, 4) is 0 Å². The van der Waals surface area contributed by atoms with Gasteiger partial charge < -0.3 is 4.74 Å². The minimum Gasteiger partial charge on any atom is -0.466 e. The van der Waals surface area contributed by atoms with Gasteiger partial charge in [0.25, 0.3) is 0 Å². The molecule has 0 radical (unpaired) electrons. The lowest BCUT2D eigenvalue weighted by molar-refractivity contribution is -0.137. The summed E-state index contributed by atoms with van der Waals surface area (Å²) in [5.74, 6) is 2.91. The highest BCUT2D eigenvalue weighted by molar-refractivity contribution is 5.91. The van der Waals surface area contributed by atoms with Crippen LogP contribution in [0.1, 0.15) is 19.3 Å². The number of rotatable bonds is 1. The molecule has 0 saturated heterocycles. The molecule has 0 aliphatic heterocycles. The Hall–Kier alpha value is -0.790. The molecule has 70 valence electrons. The average Bonchev–Trinajstić information content (AvgIpc) is 2.59. The molecule has 4 unspecified atom stereocenters. The fourth-order valence-electron chi connectivity index (χ4n) is 3.56. The molecule has 0 heterocycles. The zero-order valence-electron chi connectivity index (χ0n) is 7.82. The summed E-state index contributed by atoms with van der Waals surface area (Å²) in [5.41, 5.74) is 0.972. The first-order valence-electron chi connectivity index (χ1n) is 5.11. The Morgan fingerprint density at radius 3 is 2.92 bits per heavy atom. The smallest absolute Gasteiger partial charge is 0.333 e. The number of ether oxygens (including phenoxy) is 1. The second-order valence-corrected chi connectivity index (χ2v) is 4.55. The third kappa shape index (κ3) is 0.812. The number of esters is 1. The summed E-state index contributed by atoms with van der Waals surface area (Å²) in [6.45, 7) is 0. The molecule has 0 aromatic heterocycles. The van der Waals surface area contributed by atoms with E-state index in [4.69, 9.17) is 4.74 Å². The van der Waals surface area contributed by atoms with Crippen molar-refractivity contribution < 1.29 is 9.53 Å².